The van der Waals surface area contributed by atoms with Gasteiger partial charge in [-0.1, -0.05) is 67.6 Å². The zero-order valence-electron chi connectivity index (χ0n) is 14.4. The summed E-state index contributed by atoms with van der Waals surface area (Å²) in [6.45, 7) is 5.59. The van der Waals surface area contributed by atoms with Crippen LogP contribution in [0.3, 0.4) is 0 Å². The predicted octanol–water partition coefficient (Wildman–Crippen LogP) is 4.20. The molecule has 126 valence electrons. The number of hydrogen-bond donors (Lipinski definition) is 0. The number of carbonyl (C=O) groups excluding carboxylic acids is 1. The second-order valence-electron chi connectivity index (χ2n) is 6.63. The van der Waals surface area contributed by atoms with Crippen LogP contribution in [0.4, 0.5) is 0 Å². The third kappa shape index (κ3) is 3.68. The van der Waals surface area contributed by atoms with Gasteiger partial charge in [0.1, 0.15) is 12.6 Å². The summed E-state index contributed by atoms with van der Waals surface area (Å²) in [5, 5.41) is 0. The van der Waals surface area contributed by atoms with E-state index in [4.69, 9.17) is 4.74 Å². The van der Waals surface area contributed by atoms with Gasteiger partial charge in [0.15, 0.2) is 0 Å². The molecule has 1 unspecified atom stereocenters. The fourth-order valence-corrected chi connectivity index (χ4v) is 3.52. The summed E-state index contributed by atoms with van der Waals surface area (Å²) in [5.41, 5.74) is 2.27. The van der Waals surface area contributed by atoms with Crippen molar-refractivity contribution in [2.24, 2.45) is 5.92 Å². The van der Waals surface area contributed by atoms with Gasteiger partial charge < -0.3 is 4.74 Å². The van der Waals surface area contributed by atoms with Gasteiger partial charge in [-0.15, -0.1) is 0 Å². The van der Waals surface area contributed by atoms with Gasteiger partial charge in [-0.05, 0) is 36.9 Å². The molecule has 0 saturated carbocycles. The van der Waals surface area contributed by atoms with Crippen molar-refractivity contribution in [2.75, 3.05) is 6.54 Å². The van der Waals surface area contributed by atoms with E-state index < -0.39 is 0 Å². The molecule has 24 heavy (non-hydrogen) atoms. The Morgan fingerprint density at radius 3 is 2.42 bits per heavy atom. The third-order valence-electron chi connectivity index (χ3n) is 4.98. The molecular formula is C21H25NO2. The molecule has 3 atom stereocenters. The number of ether oxygens (including phenoxy) is 1. The van der Waals surface area contributed by atoms with Crippen molar-refractivity contribution in [2.45, 2.75) is 39.0 Å². The first kappa shape index (κ1) is 16.7. The van der Waals surface area contributed by atoms with Crippen LogP contribution in [0.15, 0.2) is 60.7 Å². The fraction of sp³-hybridized carbons (Fsp3) is 0.381. The Morgan fingerprint density at radius 1 is 1.12 bits per heavy atom. The highest BCUT2D eigenvalue weighted by Crippen LogP contribution is 2.33. The lowest BCUT2D eigenvalue weighted by Gasteiger charge is -2.31. The molecule has 0 aliphatic carbocycles. The number of esters is 1. The minimum Gasteiger partial charge on any atom is -0.460 e. The molecule has 0 spiro atoms. The van der Waals surface area contributed by atoms with E-state index in [-0.39, 0.29) is 18.1 Å². The first-order valence-electron chi connectivity index (χ1n) is 8.68. The number of hydrogen-bond acceptors (Lipinski definition) is 3. The largest absolute Gasteiger partial charge is 0.460 e. The van der Waals surface area contributed by atoms with E-state index in [0.29, 0.717) is 12.5 Å². The van der Waals surface area contributed by atoms with E-state index in [9.17, 15) is 4.79 Å². The maximum Gasteiger partial charge on any atom is 0.323 e. The van der Waals surface area contributed by atoms with Crippen molar-refractivity contribution in [3.63, 3.8) is 0 Å². The van der Waals surface area contributed by atoms with Crippen molar-refractivity contribution in [3.05, 3.63) is 71.8 Å². The van der Waals surface area contributed by atoms with Crippen LogP contribution in [-0.4, -0.2) is 23.5 Å². The van der Waals surface area contributed by atoms with Crippen molar-refractivity contribution in [3.8, 4) is 0 Å². The van der Waals surface area contributed by atoms with E-state index in [1.54, 1.807) is 0 Å². The summed E-state index contributed by atoms with van der Waals surface area (Å²) in [4.78, 5) is 15.0. The van der Waals surface area contributed by atoms with Gasteiger partial charge in [0.2, 0.25) is 0 Å². The molecule has 1 heterocycles. The zero-order chi connectivity index (χ0) is 16.9. The van der Waals surface area contributed by atoms with E-state index >= 15 is 0 Å². The highest BCUT2D eigenvalue weighted by Gasteiger charge is 2.40. The highest BCUT2D eigenvalue weighted by atomic mass is 16.5. The van der Waals surface area contributed by atoms with Crippen LogP contribution in [-0.2, 0) is 16.1 Å². The molecule has 1 aliphatic rings. The van der Waals surface area contributed by atoms with Gasteiger partial charge in [0.05, 0.1) is 0 Å². The Kier molecular flexibility index (Phi) is 5.31. The molecule has 3 rings (SSSR count). The topological polar surface area (TPSA) is 29.5 Å². The molecule has 2 aromatic carbocycles. The van der Waals surface area contributed by atoms with Gasteiger partial charge in [0, 0.05) is 6.04 Å². The standard InChI is InChI=1S/C21H25NO2/c1-16-13-14-22(17(2)19-11-7-4-8-12-19)20(16)21(23)24-15-18-9-5-3-6-10-18/h3-12,16-17,20H,13-15H2,1-2H3/t16-,17?,20+/m0/s1. The summed E-state index contributed by atoms with van der Waals surface area (Å²) in [6.07, 6.45) is 1.03. The second kappa shape index (κ2) is 7.63. The molecule has 1 fully saturated rings. The quantitative estimate of drug-likeness (QED) is 0.772. The number of benzene rings is 2. The number of rotatable bonds is 5. The summed E-state index contributed by atoms with van der Waals surface area (Å²) in [6, 6.07) is 20.3. The molecule has 0 amide bonds. The molecule has 3 nitrogen and oxygen atoms in total. The van der Waals surface area contributed by atoms with Crippen LogP contribution in [0, 0.1) is 5.92 Å². The summed E-state index contributed by atoms with van der Waals surface area (Å²) < 4.78 is 5.62. The maximum absolute atomic E-state index is 12.7. The Labute approximate surface area is 144 Å². The van der Waals surface area contributed by atoms with Gasteiger partial charge in [-0.2, -0.15) is 0 Å². The van der Waals surface area contributed by atoms with Gasteiger partial charge in [0.25, 0.3) is 0 Å². The molecule has 0 bridgehead atoms. The maximum atomic E-state index is 12.7. The fourth-order valence-electron chi connectivity index (χ4n) is 3.52. The average Bonchev–Trinajstić information content (AvgIpc) is 3.02. The monoisotopic (exact) mass is 323 g/mol. The first-order valence-corrected chi connectivity index (χ1v) is 8.68. The third-order valence-corrected chi connectivity index (χ3v) is 4.98. The minimum absolute atomic E-state index is 0.105. The number of likely N-dealkylation sites (tertiary alicyclic amines) is 1. The van der Waals surface area contributed by atoms with Crippen LogP contribution >= 0.6 is 0 Å². The summed E-state index contributed by atoms with van der Waals surface area (Å²) in [5.74, 6) is 0.214. The van der Waals surface area contributed by atoms with Crippen molar-refractivity contribution in [1.29, 1.82) is 0 Å². The summed E-state index contributed by atoms with van der Waals surface area (Å²) in [7, 11) is 0. The number of nitrogens with zero attached hydrogens (tertiary/aromatic N) is 1. The smallest absolute Gasteiger partial charge is 0.323 e. The molecule has 2 aromatic rings. The average molecular weight is 323 g/mol. The SMILES string of the molecule is CC(c1ccccc1)N1CC[C@H](C)[C@@H]1C(=O)OCc1ccccc1. The van der Waals surface area contributed by atoms with E-state index in [1.807, 2.05) is 48.5 Å². The lowest BCUT2D eigenvalue weighted by molar-refractivity contribution is -0.152. The van der Waals surface area contributed by atoms with E-state index in [0.717, 1.165) is 18.5 Å². The second-order valence-corrected chi connectivity index (χ2v) is 6.63. The lowest BCUT2D eigenvalue weighted by atomic mass is 10.0. The lowest BCUT2D eigenvalue weighted by Crippen LogP contribution is -2.41. The first-order chi connectivity index (χ1) is 11.7. The molecule has 0 N–H and O–H groups in total. The van der Waals surface area contributed by atoms with Crippen LogP contribution in [0.5, 0.6) is 0 Å². The van der Waals surface area contributed by atoms with Crippen molar-refractivity contribution >= 4 is 5.97 Å². The summed E-state index contributed by atoms with van der Waals surface area (Å²) >= 11 is 0. The predicted molar refractivity (Wildman–Crippen MR) is 95.4 cm³/mol. The molecule has 3 heteroatoms. The van der Waals surface area contributed by atoms with E-state index in [2.05, 4.69) is 30.9 Å². The Balaban J connectivity index is 1.68. The van der Waals surface area contributed by atoms with Crippen molar-refractivity contribution < 1.29 is 9.53 Å². The molecule has 1 aliphatic heterocycles. The van der Waals surface area contributed by atoms with Crippen LogP contribution in [0.2, 0.25) is 0 Å². The van der Waals surface area contributed by atoms with Crippen LogP contribution in [0.25, 0.3) is 0 Å². The Morgan fingerprint density at radius 2 is 1.75 bits per heavy atom. The van der Waals surface area contributed by atoms with Gasteiger partial charge in [-0.25, -0.2) is 0 Å². The van der Waals surface area contributed by atoms with Crippen molar-refractivity contribution in [1.82, 2.24) is 4.90 Å². The molecule has 1 saturated heterocycles. The van der Waals surface area contributed by atoms with Gasteiger partial charge >= 0.3 is 5.97 Å². The molecule has 0 aromatic heterocycles. The van der Waals surface area contributed by atoms with Gasteiger partial charge in [-0.3, -0.25) is 9.69 Å². The Bertz CT molecular complexity index is 656. The zero-order valence-corrected chi connectivity index (χ0v) is 14.4. The Hall–Kier alpha value is -2.13. The minimum atomic E-state index is -0.163. The van der Waals surface area contributed by atoms with E-state index in [1.165, 1.54) is 5.56 Å². The number of carbonyl (C=O) groups is 1. The highest BCUT2D eigenvalue weighted by molar-refractivity contribution is 5.76. The normalized spacial score (nSPS) is 22.2. The van der Waals surface area contributed by atoms with Crippen LogP contribution in [0.1, 0.15) is 37.4 Å². The van der Waals surface area contributed by atoms with Crippen LogP contribution < -0.4 is 0 Å². The molecule has 0 radical (unpaired) electrons. The molecular weight excluding hydrogens is 298 g/mol.